The lowest BCUT2D eigenvalue weighted by atomic mass is 10.0. The van der Waals surface area contributed by atoms with Gasteiger partial charge in [0.05, 0.1) is 5.56 Å². The summed E-state index contributed by atoms with van der Waals surface area (Å²) in [4.78, 5) is 14.4. The van der Waals surface area contributed by atoms with Crippen LogP contribution in [0.1, 0.15) is 29.0 Å². The second kappa shape index (κ2) is 5.17. The van der Waals surface area contributed by atoms with Gasteiger partial charge >= 0.3 is 0 Å². The number of halogens is 1. The van der Waals surface area contributed by atoms with Crippen LogP contribution in [0, 0.1) is 0 Å². The smallest absolute Gasteiger partial charge is 0.257 e. The molecule has 0 aromatic heterocycles. The molecule has 0 bridgehead atoms. The van der Waals surface area contributed by atoms with Crippen molar-refractivity contribution >= 4 is 23.2 Å². The summed E-state index contributed by atoms with van der Waals surface area (Å²) in [6.45, 7) is 2.61. The molecule has 0 saturated heterocycles. The Bertz CT molecular complexity index is 642. The molecular formula is C16H15ClN2O. The second-order valence-electron chi connectivity index (χ2n) is 4.74. The first kappa shape index (κ1) is 13.0. The molecule has 0 spiro atoms. The number of hydrogen-bond acceptors (Lipinski definition) is 2. The molecule has 3 nitrogen and oxygen atoms in total. The van der Waals surface area contributed by atoms with E-state index >= 15 is 0 Å². The van der Waals surface area contributed by atoms with E-state index < -0.39 is 0 Å². The van der Waals surface area contributed by atoms with Crippen LogP contribution in [0.2, 0.25) is 5.02 Å². The molecule has 4 heteroatoms. The molecule has 0 radical (unpaired) electrons. The number of nitrogens with one attached hydrogen (secondary N) is 1. The normalized spacial score (nSPS) is 17.6. The second-order valence-corrected chi connectivity index (χ2v) is 5.18. The van der Waals surface area contributed by atoms with E-state index in [2.05, 4.69) is 5.32 Å². The zero-order valence-electron chi connectivity index (χ0n) is 11.1. The van der Waals surface area contributed by atoms with E-state index in [1.54, 1.807) is 12.1 Å². The Hall–Kier alpha value is -2.00. The van der Waals surface area contributed by atoms with Crippen LogP contribution >= 0.6 is 11.6 Å². The standard InChI is InChI=1S/C16H15ClN2O/c1-2-19-15(11-6-4-3-5-7-11)18-14-9-8-12(17)10-13(14)16(19)20/h3-10,15,18H,2H2,1H3. The fourth-order valence-corrected chi connectivity index (χ4v) is 2.71. The van der Waals surface area contributed by atoms with Crippen molar-refractivity contribution in [1.29, 1.82) is 0 Å². The van der Waals surface area contributed by atoms with Crippen LogP contribution in [0.15, 0.2) is 48.5 Å². The summed E-state index contributed by atoms with van der Waals surface area (Å²) < 4.78 is 0. The number of carbonyl (C=O) groups excluding carboxylic acids is 1. The third-order valence-electron chi connectivity index (χ3n) is 3.53. The van der Waals surface area contributed by atoms with Crippen molar-refractivity contribution in [2.24, 2.45) is 0 Å². The van der Waals surface area contributed by atoms with Gasteiger partial charge in [0.2, 0.25) is 0 Å². The molecular weight excluding hydrogens is 272 g/mol. The highest BCUT2D eigenvalue weighted by Crippen LogP contribution is 2.34. The first-order chi connectivity index (χ1) is 9.70. The first-order valence-electron chi connectivity index (χ1n) is 6.62. The number of fused-ring (bicyclic) bond motifs is 1. The SMILES string of the molecule is CCN1C(=O)c2cc(Cl)ccc2NC1c1ccccc1. The van der Waals surface area contributed by atoms with Crippen molar-refractivity contribution in [3.05, 3.63) is 64.7 Å². The van der Waals surface area contributed by atoms with Crippen LogP contribution in [0.3, 0.4) is 0 Å². The average Bonchev–Trinajstić information content (AvgIpc) is 2.48. The van der Waals surface area contributed by atoms with Gasteiger partial charge < -0.3 is 10.2 Å². The zero-order chi connectivity index (χ0) is 14.1. The molecule has 1 amide bonds. The third-order valence-corrected chi connectivity index (χ3v) is 3.77. The van der Waals surface area contributed by atoms with Crippen LogP contribution in [0.5, 0.6) is 0 Å². The first-order valence-corrected chi connectivity index (χ1v) is 7.00. The van der Waals surface area contributed by atoms with Gasteiger partial charge in [-0.05, 0) is 30.7 Å². The summed E-state index contributed by atoms with van der Waals surface area (Å²) in [6, 6.07) is 15.3. The molecule has 3 rings (SSSR count). The summed E-state index contributed by atoms with van der Waals surface area (Å²) in [6.07, 6.45) is -0.137. The number of carbonyl (C=O) groups is 1. The summed E-state index contributed by atoms with van der Waals surface area (Å²) in [7, 11) is 0. The van der Waals surface area contributed by atoms with Gasteiger partial charge in [0.25, 0.3) is 5.91 Å². The maximum atomic E-state index is 12.6. The van der Waals surface area contributed by atoms with Crippen molar-refractivity contribution in [1.82, 2.24) is 4.90 Å². The molecule has 1 aliphatic heterocycles. The third kappa shape index (κ3) is 2.14. The lowest BCUT2D eigenvalue weighted by Crippen LogP contribution is -2.42. The summed E-state index contributed by atoms with van der Waals surface area (Å²) in [5.41, 5.74) is 2.53. The van der Waals surface area contributed by atoms with Gasteiger partial charge in [-0.15, -0.1) is 0 Å². The molecule has 0 saturated carbocycles. The van der Waals surface area contributed by atoms with Crippen LogP contribution in [-0.2, 0) is 0 Å². The fraction of sp³-hybridized carbons (Fsp3) is 0.188. The number of amides is 1. The molecule has 2 aromatic rings. The molecule has 1 atom stereocenters. The molecule has 20 heavy (non-hydrogen) atoms. The van der Waals surface area contributed by atoms with Crippen molar-refractivity contribution in [3.8, 4) is 0 Å². The van der Waals surface area contributed by atoms with Gasteiger partial charge in [-0.2, -0.15) is 0 Å². The summed E-state index contributed by atoms with van der Waals surface area (Å²) >= 11 is 5.99. The Morgan fingerprint density at radius 3 is 2.65 bits per heavy atom. The van der Waals surface area contributed by atoms with Gasteiger partial charge in [-0.3, -0.25) is 4.79 Å². The molecule has 2 aromatic carbocycles. The molecule has 1 aliphatic rings. The quantitative estimate of drug-likeness (QED) is 0.907. The Labute approximate surface area is 123 Å². The monoisotopic (exact) mass is 286 g/mol. The molecule has 1 N–H and O–H groups in total. The Balaban J connectivity index is 2.06. The van der Waals surface area contributed by atoms with Crippen LogP contribution < -0.4 is 5.32 Å². The largest absolute Gasteiger partial charge is 0.361 e. The van der Waals surface area contributed by atoms with Gasteiger partial charge in [0, 0.05) is 17.3 Å². The number of anilines is 1. The number of nitrogens with zero attached hydrogens (tertiary/aromatic N) is 1. The Morgan fingerprint density at radius 2 is 1.95 bits per heavy atom. The zero-order valence-corrected chi connectivity index (χ0v) is 11.9. The van der Waals surface area contributed by atoms with Crippen molar-refractivity contribution in [2.45, 2.75) is 13.1 Å². The minimum Gasteiger partial charge on any atom is -0.361 e. The highest BCUT2D eigenvalue weighted by Gasteiger charge is 2.31. The Kier molecular flexibility index (Phi) is 3.36. The van der Waals surface area contributed by atoms with E-state index in [1.807, 2.05) is 48.2 Å². The summed E-state index contributed by atoms with van der Waals surface area (Å²) in [5, 5.41) is 4.00. The molecule has 0 fully saturated rings. The summed E-state index contributed by atoms with van der Waals surface area (Å²) in [5.74, 6) is 0.0117. The van der Waals surface area contributed by atoms with E-state index in [4.69, 9.17) is 11.6 Å². The number of rotatable bonds is 2. The van der Waals surface area contributed by atoms with Crippen molar-refractivity contribution < 1.29 is 4.79 Å². The fourth-order valence-electron chi connectivity index (χ4n) is 2.54. The topological polar surface area (TPSA) is 32.3 Å². The van der Waals surface area contributed by atoms with E-state index in [0.29, 0.717) is 17.1 Å². The lowest BCUT2D eigenvalue weighted by Gasteiger charge is -2.37. The van der Waals surface area contributed by atoms with Crippen LogP contribution in [0.25, 0.3) is 0 Å². The molecule has 0 aliphatic carbocycles. The van der Waals surface area contributed by atoms with E-state index in [-0.39, 0.29) is 12.1 Å². The molecule has 1 unspecified atom stereocenters. The lowest BCUT2D eigenvalue weighted by molar-refractivity contribution is 0.0695. The van der Waals surface area contributed by atoms with Crippen LogP contribution in [-0.4, -0.2) is 17.4 Å². The average molecular weight is 287 g/mol. The highest BCUT2D eigenvalue weighted by molar-refractivity contribution is 6.31. The minimum absolute atomic E-state index is 0.0117. The maximum Gasteiger partial charge on any atom is 0.257 e. The van der Waals surface area contributed by atoms with Gasteiger partial charge in [-0.25, -0.2) is 0 Å². The van der Waals surface area contributed by atoms with E-state index in [1.165, 1.54) is 0 Å². The van der Waals surface area contributed by atoms with Gasteiger partial charge in [-0.1, -0.05) is 41.9 Å². The van der Waals surface area contributed by atoms with Gasteiger partial charge in [0.15, 0.2) is 0 Å². The van der Waals surface area contributed by atoms with Crippen LogP contribution in [0.4, 0.5) is 5.69 Å². The van der Waals surface area contributed by atoms with Gasteiger partial charge in [0.1, 0.15) is 6.17 Å². The number of benzene rings is 2. The molecule has 1 heterocycles. The van der Waals surface area contributed by atoms with E-state index in [0.717, 1.165) is 11.3 Å². The minimum atomic E-state index is -0.137. The molecule has 102 valence electrons. The predicted molar refractivity (Wildman–Crippen MR) is 81.0 cm³/mol. The maximum absolute atomic E-state index is 12.6. The van der Waals surface area contributed by atoms with Crippen molar-refractivity contribution in [2.75, 3.05) is 11.9 Å². The highest BCUT2D eigenvalue weighted by atomic mass is 35.5. The number of hydrogen-bond donors (Lipinski definition) is 1. The van der Waals surface area contributed by atoms with E-state index in [9.17, 15) is 4.79 Å². The predicted octanol–water partition coefficient (Wildman–Crippen LogP) is 3.93. The van der Waals surface area contributed by atoms with Crippen molar-refractivity contribution in [3.63, 3.8) is 0 Å². The Morgan fingerprint density at radius 1 is 1.20 bits per heavy atom.